The average molecular weight is 1300 g/mol. The molecule has 4 saturated carbocycles. The van der Waals surface area contributed by atoms with Gasteiger partial charge in [0.05, 0.1) is 28.0 Å². The van der Waals surface area contributed by atoms with Crippen molar-refractivity contribution in [1.82, 2.24) is 0 Å². The zero-order valence-corrected chi connectivity index (χ0v) is 59.5. The van der Waals surface area contributed by atoms with Gasteiger partial charge in [-0.1, -0.05) is 94.0 Å². The first-order valence-corrected chi connectivity index (χ1v) is 32.4. The van der Waals surface area contributed by atoms with Crippen LogP contribution in [0.4, 0.5) is 0 Å². The van der Waals surface area contributed by atoms with Gasteiger partial charge in [0.1, 0.15) is 28.0 Å². The van der Waals surface area contributed by atoms with Crippen LogP contribution in [-0.2, 0) is 66.7 Å². The molecule has 0 aromatic rings. The van der Waals surface area contributed by atoms with Crippen LogP contribution in [0, 0.1) is 10.8 Å². The van der Waals surface area contributed by atoms with Crippen LogP contribution >= 0.6 is 0 Å². The molecule has 19 heteroatoms. The van der Waals surface area contributed by atoms with Gasteiger partial charge in [0.25, 0.3) is 0 Å². The van der Waals surface area contributed by atoms with E-state index >= 15 is 0 Å². The van der Waals surface area contributed by atoms with Crippen LogP contribution in [0.2, 0.25) is 0 Å². The summed E-state index contributed by atoms with van der Waals surface area (Å²) in [5.74, 6) is -3.45. The lowest BCUT2D eigenvalue weighted by atomic mass is 9.63. The van der Waals surface area contributed by atoms with Crippen molar-refractivity contribution in [2.45, 2.75) is 309 Å². The molecule has 19 nitrogen and oxygen atoms in total. The van der Waals surface area contributed by atoms with E-state index in [4.69, 9.17) is 33.2 Å². The molecule has 5 N–H and O–H groups in total. The van der Waals surface area contributed by atoms with Crippen LogP contribution in [0.5, 0.6) is 0 Å². The third-order valence-corrected chi connectivity index (χ3v) is 19.0. The average Bonchev–Trinajstić information content (AvgIpc) is 0.824. The fourth-order valence-electron chi connectivity index (χ4n) is 10.9. The van der Waals surface area contributed by atoms with Crippen molar-refractivity contribution < 1.29 is 92.3 Å². The molecule has 2 atom stereocenters. The van der Waals surface area contributed by atoms with Crippen molar-refractivity contribution in [3.63, 3.8) is 0 Å². The molecule has 0 saturated heterocycles. The van der Waals surface area contributed by atoms with Gasteiger partial charge in [0, 0.05) is 38.7 Å². The van der Waals surface area contributed by atoms with Crippen LogP contribution in [0.3, 0.4) is 0 Å². The van der Waals surface area contributed by atoms with Gasteiger partial charge in [0.15, 0.2) is 13.2 Å². The monoisotopic (exact) mass is 1300 g/mol. The summed E-state index contributed by atoms with van der Waals surface area (Å²) in [5, 5.41) is 49.8. The van der Waals surface area contributed by atoms with E-state index in [9.17, 15) is 59.1 Å². The summed E-state index contributed by atoms with van der Waals surface area (Å²) in [5.41, 5.74) is -4.88. The molecule has 0 spiro atoms. The van der Waals surface area contributed by atoms with Gasteiger partial charge in [0.2, 0.25) is 0 Å². The predicted octanol–water partition coefficient (Wildman–Crippen LogP) is 12.8. The first-order chi connectivity index (χ1) is 41.7. The zero-order valence-electron chi connectivity index (χ0n) is 59.5. The first-order valence-electron chi connectivity index (χ1n) is 32.4. The minimum absolute atomic E-state index is 0.103. The largest absolute Gasteiger partial charge is 0.456 e. The number of carbonyl (C=O) groups excluding carboxylic acids is 7. The summed E-state index contributed by atoms with van der Waals surface area (Å²) in [6, 6.07) is 0. The van der Waals surface area contributed by atoms with Gasteiger partial charge in [-0.2, -0.15) is 0 Å². The summed E-state index contributed by atoms with van der Waals surface area (Å²) in [6.07, 6.45) is 17.9. The van der Waals surface area contributed by atoms with E-state index < -0.39 is 93.1 Å². The molecular weight excluding hydrogens is 1180 g/mol. The smallest absolute Gasteiger partial charge is 0.345 e. The zero-order chi connectivity index (χ0) is 71.6. The van der Waals surface area contributed by atoms with Crippen LogP contribution in [0.15, 0.2) is 85.6 Å². The predicted molar refractivity (Wildman–Crippen MR) is 355 cm³/mol. The number of aliphatic hydroxyl groups is 5. The second kappa shape index (κ2) is 33.6. The Bertz CT molecular complexity index is 2650. The lowest BCUT2D eigenvalue weighted by Crippen LogP contribution is -2.53. The maximum absolute atomic E-state index is 12.0. The molecule has 5 rings (SSSR count). The van der Waals surface area contributed by atoms with Crippen molar-refractivity contribution in [2.24, 2.45) is 10.8 Å². The summed E-state index contributed by atoms with van der Waals surface area (Å²) >= 11 is 0. The number of hydrogen-bond donors (Lipinski definition) is 5. The van der Waals surface area contributed by atoms with Gasteiger partial charge >= 0.3 is 41.8 Å². The van der Waals surface area contributed by atoms with Gasteiger partial charge in [-0.25, -0.2) is 33.6 Å². The van der Waals surface area contributed by atoms with E-state index in [-0.39, 0.29) is 39.9 Å². The van der Waals surface area contributed by atoms with Crippen molar-refractivity contribution in [3.8, 4) is 0 Å². The standard InChI is InChI=1S/C16H28O3.C15H22O5.C15H26O3.C14H20O5.C13H22O3/c1-7-14(4,5)16(19-13(17)12(2)3)10-8-15(6,18)9-11-16;1-5-15(8-6-14(4,18)7-9-15)20-12(16)10-19-13(17)11(2)3;1-11(2)12(16)18-15(13(3,4)5)9-7-14(6,17)8-10-15;1-10(2)12(16)18-9-11(15)19-14(4)7-5-13(3,17)6-8-14;1-5-13(16-11(14)10(2)3)8-6-12(4,15)7-9-13/h18H,2,7-11H2,1,3-6H3;5,18H,1-2,6-10H2,3-4H3;17H,1,7-10H2,2-6H3;5,7,17H,1,6,8-9H2,2-4H3;15H,2,5-9H2,1,3-4H3. The minimum atomic E-state index is -0.863. The molecule has 524 valence electrons. The molecule has 5 aliphatic rings. The summed E-state index contributed by atoms with van der Waals surface area (Å²) in [6.45, 7) is 53.9. The quantitative estimate of drug-likeness (QED) is 0.0369. The molecule has 4 fully saturated rings. The van der Waals surface area contributed by atoms with Crippen LogP contribution in [-0.4, -0.2) is 137 Å². The van der Waals surface area contributed by atoms with E-state index in [1.54, 1.807) is 59.8 Å². The molecule has 0 bridgehead atoms. The van der Waals surface area contributed by atoms with Crippen LogP contribution in [0.25, 0.3) is 0 Å². The van der Waals surface area contributed by atoms with E-state index in [1.807, 2.05) is 27.7 Å². The summed E-state index contributed by atoms with van der Waals surface area (Å²) in [4.78, 5) is 81.0. The highest BCUT2D eigenvalue weighted by Crippen LogP contribution is 2.51. The molecule has 0 aliphatic heterocycles. The molecule has 0 amide bonds. The Balaban J connectivity index is 0.000000576. The van der Waals surface area contributed by atoms with Crippen molar-refractivity contribution in [2.75, 3.05) is 13.2 Å². The lowest BCUT2D eigenvalue weighted by molar-refractivity contribution is -0.187. The maximum Gasteiger partial charge on any atom is 0.345 e. The SMILES string of the molecule is C=C(C)C(=O)OC1(C(C)(C)C)CCC(C)(O)CC1.C=C(C)C(=O)OC1(C(C)(C)CC)CCC(C)(O)CC1.C=C(C)C(=O)OC1(CC)CCC(C)(O)CC1.C=C(C)C(=O)OCC(=O)OC1(C)C=CC(C)(O)CC1.C=CC1(OC(=O)COC(=O)C(=C)C)CCC(C)(O)CC1. The third-order valence-electron chi connectivity index (χ3n) is 19.0. The maximum atomic E-state index is 12.0. The topological polar surface area (TPSA) is 285 Å². The van der Waals surface area contributed by atoms with Gasteiger partial charge in [-0.15, -0.1) is 0 Å². The summed E-state index contributed by atoms with van der Waals surface area (Å²) in [7, 11) is 0. The normalized spacial score (nSPS) is 31.6. The van der Waals surface area contributed by atoms with Crippen molar-refractivity contribution in [1.29, 1.82) is 0 Å². The Morgan fingerprint density at radius 3 is 1.07 bits per heavy atom. The Labute approximate surface area is 550 Å². The Morgan fingerprint density at radius 2 is 0.750 bits per heavy atom. The number of ether oxygens (including phenoxy) is 7. The molecule has 0 heterocycles. The van der Waals surface area contributed by atoms with Crippen molar-refractivity contribution >= 4 is 41.8 Å². The van der Waals surface area contributed by atoms with E-state index in [1.165, 1.54) is 13.8 Å². The summed E-state index contributed by atoms with van der Waals surface area (Å²) < 4.78 is 37.2. The minimum Gasteiger partial charge on any atom is -0.456 e. The lowest BCUT2D eigenvalue weighted by Gasteiger charge is -2.50. The van der Waals surface area contributed by atoms with Gasteiger partial charge in [-0.3, -0.25) is 0 Å². The van der Waals surface area contributed by atoms with E-state index in [2.05, 4.69) is 81.0 Å². The molecule has 0 aromatic carbocycles. The second-order valence-electron chi connectivity index (χ2n) is 29.9. The van der Waals surface area contributed by atoms with Crippen molar-refractivity contribution in [3.05, 3.63) is 85.6 Å². The third kappa shape index (κ3) is 27.3. The number of carbonyl (C=O) groups is 7. The molecular formula is C73H118O19. The van der Waals surface area contributed by atoms with E-state index in [0.717, 1.165) is 25.7 Å². The number of esters is 7. The van der Waals surface area contributed by atoms with Gasteiger partial charge in [-0.05, 0) is 217 Å². The molecule has 2 unspecified atom stereocenters. The second-order valence-corrected chi connectivity index (χ2v) is 29.9. The Hall–Kier alpha value is -5.73. The van der Waals surface area contributed by atoms with Crippen LogP contribution < -0.4 is 0 Å². The van der Waals surface area contributed by atoms with Gasteiger partial charge < -0.3 is 58.7 Å². The highest BCUT2D eigenvalue weighted by atomic mass is 16.6. The number of hydrogen-bond acceptors (Lipinski definition) is 19. The highest BCUT2D eigenvalue weighted by molar-refractivity contribution is 5.90. The number of rotatable bonds is 18. The molecule has 0 aromatic heterocycles. The first kappa shape index (κ1) is 84.3. The van der Waals surface area contributed by atoms with E-state index in [0.29, 0.717) is 119 Å². The Kier molecular flexibility index (Phi) is 30.8. The molecule has 5 aliphatic carbocycles. The molecule has 0 radical (unpaired) electrons. The fraction of sp³-hybridized carbons (Fsp3) is 0.712. The fourth-order valence-corrected chi connectivity index (χ4v) is 10.9. The molecule has 92 heavy (non-hydrogen) atoms. The highest BCUT2D eigenvalue weighted by Gasteiger charge is 2.52. The Morgan fingerprint density at radius 1 is 0.424 bits per heavy atom. The van der Waals surface area contributed by atoms with Crippen LogP contribution in [0.1, 0.15) is 253 Å².